The molecule has 0 unspecified atom stereocenters. The third-order valence-electron chi connectivity index (χ3n) is 10.5. The molecule has 11 rings (SSSR count). The first-order valence-corrected chi connectivity index (χ1v) is 18.4. The van der Waals surface area contributed by atoms with Crippen molar-refractivity contribution >= 4 is 54.4 Å². The second kappa shape index (κ2) is 12.6. The molecule has 0 spiro atoms. The highest BCUT2D eigenvalue weighted by molar-refractivity contribution is 6.20. The fraction of sp³-hybridized carbons (Fsp3) is 0. The van der Waals surface area contributed by atoms with Crippen LogP contribution in [0.2, 0.25) is 0 Å². The lowest BCUT2D eigenvalue weighted by atomic mass is 9.92. The Morgan fingerprint density at radius 1 is 0.345 bits per heavy atom. The molecule has 5 nitrogen and oxygen atoms in total. The number of rotatable bonds is 5. The number of aromatic nitrogens is 4. The van der Waals surface area contributed by atoms with E-state index in [1.807, 2.05) is 84.9 Å². The number of para-hydroxylation sites is 1. The van der Waals surface area contributed by atoms with Gasteiger partial charge in [0.1, 0.15) is 11.2 Å². The topological polar surface area (TPSA) is 64.7 Å². The normalized spacial score (nSPS) is 11.6. The van der Waals surface area contributed by atoms with Gasteiger partial charge < -0.3 is 4.42 Å². The summed E-state index contributed by atoms with van der Waals surface area (Å²) in [6.45, 7) is 0. The molecule has 256 valence electrons. The van der Waals surface area contributed by atoms with E-state index in [0.717, 1.165) is 66.4 Å². The number of hydrogen-bond donors (Lipinski definition) is 0. The zero-order valence-corrected chi connectivity index (χ0v) is 29.5. The maximum absolute atomic E-state index is 6.75. The molecule has 8 aromatic carbocycles. The Kier molecular flexibility index (Phi) is 7.10. The average Bonchev–Trinajstić information content (AvgIpc) is 3.66. The van der Waals surface area contributed by atoms with E-state index in [4.69, 9.17) is 24.4 Å². The molecule has 3 aromatic heterocycles. The highest BCUT2D eigenvalue weighted by Crippen LogP contribution is 2.42. The number of benzene rings is 8. The van der Waals surface area contributed by atoms with Gasteiger partial charge in [0.2, 0.25) is 0 Å². The van der Waals surface area contributed by atoms with Crippen molar-refractivity contribution in [3.63, 3.8) is 0 Å². The molecular formula is C50H30N4O. The van der Waals surface area contributed by atoms with Gasteiger partial charge >= 0.3 is 0 Å². The van der Waals surface area contributed by atoms with Crippen LogP contribution in [-0.4, -0.2) is 19.9 Å². The Balaban J connectivity index is 1.11. The number of pyridine rings is 1. The van der Waals surface area contributed by atoms with Crippen LogP contribution in [0, 0.1) is 0 Å². The fourth-order valence-electron chi connectivity index (χ4n) is 7.87. The Labute approximate surface area is 316 Å². The van der Waals surface area contributed by atoms with Crippen molar-refractivity contribution in [1.29, 1.82) is 0 Å². The first-order valence-electron chi connectivity index (χ1n) is 18.4. The molecule has 0 fully saturated rings. The van der Waals surface area contributed by atoms with E-state index in [0.29, 0.717) is 17.5 Å². The predicted molar refractivity (Wildman–Crippen MR) is 225 cm³/mol. The molecule has 55 heavy (non-hydrogen) atoms. The maximum atomic E-state index is 6.75. The van der Waals surface area contributed by atoms with Crippen LogP contribution in [0.25, 0.3) is 111 Å². The van der Waals surface area contributed by atoms with Gasteiger partial charge in [-0.15, -0.1) is 0 Å². The van der Waals surface area contributed by atoms with E-state index in [2.05, 4.69) is 97.1 Å². The first-order chi connectivity index (χ1) is 27.2. The molecule has 0 aliphatic heterocycles. The smallest absolute Gasteiger partial charge is 0.164 e. The average molecular weight is 703 g/mol. The van der Waals surface area contributed by atoms with Crippen LogP contribution in [0.4, 0.5) is 0 Å². The second-order valence-electron chi connectivity index (χ2n) is 13.8. The lowest BCUT2D eigenvalue weighted by molar-refractivity contribution is 0.672. The molecule has 11 aromatic rings. The predicted octanol–water partition coefficient (Wildman–Crippen LogP) is 13.0. The molecule has 3 heterocycles. The van der Waals surface area contributed by atoms with Gasteiger partial charge in [0.15, 0.2) is 17.5 Å². The standard InChI is InChI=1S/C50H30N4O/c1-3-14-31(15-4-1)48-52-49(32-16-5-2-6-17-32)54-50(53-48)36-20-13-19-35(28-36)46-45-40-24-11-12-25-44(40)55-47(45)42-30-34(26-27-43(42)51-46)41-29-33-18-7-8-21-37(33)38-22-9-10-23-39(38)41/h1-30H. The van der Waals surface area contributed by atoms with Gasteiger partial charge in [-0.2, -0.15) is 0 Å². The van der Waals surface area contributed by atoms with Crippen molar-refractivity contribution < 1.29 is 4.42 Å². The summed E-state index contributed by atoms with van der Waals surface area (Å²) in [5.74, 6) is 1.84. The van der Waals surface area contributed by atoms with Crippen LogP contribution in [0.1, 0.15) is 0 Å². The molecule has 0 radical (unpaired) electrons. The summed E-state index contributed by atoms with van der Waals surface area (Å²) < 4.78 is 6.75. The molecule has 0 aliphatic rings. The minimum Gasteiger partial charge on any atom is -0.455 e. The van der Waals surface area contributed by atoms with E-state index in [-0.39, 0.29) is 0 Å². The van der Waals surface area contributed by atoms with Crippen molar-refractivity contribution in [3.05, 3.63) is 182 Å². The highest BCUT2D eigenvalue weighted by atomic mass is 16.3. The first kappa shape index (κ1) is 31.1. The fourth-order valence-corrected chi connectivity index (χ4v) is 7.87. The number of furan rings is 1. The van der Waals surface area contributed by atoms with Gasteiger partial charge in [0.25, 0.3) is 0 Å². The van der Waals surface area contributed by atoms with Gasteiger partial charge in [0, 0.05) is 33.0 Å². The van der Waals surface area contributed by atoms with Crippen molar-refractivity contribution in [2.75, 3.05) is 0 Å². The minimum absolute atomic E-state index is 0.593. The van der Waals surface area contributed by atoms with Crippen LogP contribution in [0.5, 0.6) is 0 Å². The quantitative estimate of drug-likeness (QED) is 0.167. The van der Waals surface area contributed by atoms with Crippen LogP contribution in [0.3, 0.4) is 0 Å². The monoisotopic (exact) mass is 702 g/mol. The third-order valence-corrected chi connectivity index (χ3v) is 10.5. The third kappa shape index (κ3) is 5.24. The van der Waals surface area contributed by atoms with Crippen LogP contribution >= 0.6 is 0 Å². The molecule has 0 N–H and O–H groups in total. The summed E-state index contributed by atoms with van der Waals surface area (Å²) in [5.41, 5.74) is 9.32. The van der Waals surface area contributed by atoms with Gasteiger partial charge in [0.05, 0.1) is 16.6 Å². The molecule has 0 aliphatic carbocycles. The summed E-state index contributed by atoms with van der Waals surface area (Å²) in [6.07, 6.45) is 0. The Hall–Kier alpha value is -7.50. The summed E-state index contributed by atoms with van der Waals surface area (Å²) in [6, 6.07) is 62.7. The summed E-state index contributed by atoms with van der Waals surface area (Å²) in [4.78, 5) is 20.3. The highest BCUT2D eigenvalue weighted by Gasteiger charge is 2.20. The SMILES string of the molecule is c1ccc(-c2nc(-c3ccccc3)nc(-c3cccc(-c4nc5ccc(-c6cc7ccccc7c7ccccc67)cc5c5oc6ccccc6c45)c3)n2)cc1. The maximum Gasteiger partial charge on any atom is 0.164 e. The summed E-state index contributed by atoms with van der Waals surface area (Å²) in [7, 11) is 0. The van der Waals surface area contributed by atoms with Gasteiger partial charge in [-0.3, -0.25) is 0 Å². The van der Waals surface area contributed by atoms with Crippen LogP contribution in [0.15, 0.2) is 186 Å². The van der Waals surface area contributed by atoms with E-state index in [1.165, 1.54) is 27.1 Å². The number of fused-ring (bicyclic) bond motifs is 8. The molecular weight excluding hydrogens is 673 g/mol. The minimum atomic E-state index is 0.593. The number of hydrogen-bond acceptors (Lipinski definition) is 5. The van der Waals surface area contributed by atoms with Gasteiger partial charge in [-0.05, 0) is 63.0 Å². The van der Waals surface area contributed by atoms with E-state index < -0.39 is 0 Å². The van der Waals surface area contributed by atoms with Gasteiger partial charge in [-0.25, -0.2) is 19.9 Å². The Morgan fingerprint density at radius 2 is 0.927 bits per heavy atom. The van der Waals surface area contributed by atoms with Crippen molar-refractivity contribution in [3.8, 4) is 56.5 Å². The molecule has 0 bridgehead atoms. The Morgan fingerprint density at radius 3 is 1.67 bits per heavy atom. The zero-order chi connectivity index (χ0) is 36.3. The Bertz CT molecular complexity index is 3210. The van der Waals surface area contributed by atoms with Crippen LogP contribution < -0.4 is 0 Å². The largest absolute Gasteiger partial charge is 0.455 e. The van der Waals surface area contributed by atoms with E-state index in [9.17, 15) is 0 Å². The summed E-state index contributed by atoms with van der Waals surface area (Å²) >= 11 is 0. The number of nitrogens with zero attached hydrogens (tertiary/aromatic N) is 4. The molecule has 0 atom stereocenters. The zero-order valence-electron chi connectivity index (χ0n) is 29.5. The van der Waals surface area contributed by atoms with E-state index in [1.54, 1.807) is 0 Å². The molecule has 0 saturated heterocycles. The second-order valence-corrected chi connectivity index (χ2v) is 13.8. The van der Waals surface area contributed by atoms with Crippen molar-refractivity contribution in [2.45, 2.75) is 0 Å². The van der Waals surface area contributed by atoms with Gasteiger partial charge in [-0.1, -0.05) is 152 Å². The van der Waals surface area contributed by atoms with Crippen molar-refractivity contribution in [2.24, 2.45) is 0 Å². The molecule has 5 heteroatoms. The lowest BCUT2D eigenvalue weighted by Crippen LogP contribution is -2.00. The van der Waals surface area contributed by atoms with Crippen molar-refractivity contribution in [1.82, 2.24) is 19.9 Å². The van der Waals surface area contributed by atoms with E-state index >= 15 is 0 Å². The summed E-state index contributed by atoms with van der Waals surface area (Å²) in [5, 5.41) is 7.88. The molecule has 0 amide bonds. The van der Waals surface area contributed by atoms with Crippen LogP contribution in [-0.2, 0) is 0 Å². The lowest BCUT2D eigenvalue weighted by Gasteiger charge is -2.13. The molecule has 0 saturated carbocycles.